The fourth-order valence-electron chi connectivity index (χ4n) is 1.54. The molecule has 0 fully saturated rings. The van der Waals surface area contributed by atoms with Gasteiger partial charge in [0.1, 0.15) is 4.21 Å². The maximum atomic E-state index is 11.0. The smallest absolute Gasteiger partial charge is 0.294 e. The Hall–Kier alpha value is -1.37. The minimum Gasteiger partial charge on any atom is -0.388 e. The molecule has 1 atom stereocenters. The van der Waals surface area contributed by atoms with E-state index in [1.807, 2.05) is 30.3 Å². The van der Waals surface area contributed by atoms with Gasteiger partial charge in [-0.25, -0.2) is 0 Å². The van der Waals surface area contributed by atoms with Gasteiger partial charge in [-0.15, -0.1) is 23.1 Å². The zero-order valence-electron chi connectivity index (χ0n) is 10.3. The number of thiophene rings is 1. The lowest BCUT2D eigenvalue weighted by molar-refractivity contribution is -0.387. The van der Waals surface area contributed by atoms with Crippen molar-refractivity contribution in [2.45, 2.75) is 23.0 Å². The molecule has 6 heteroatoms. The van der Waals surface area contributed by atoms with Crippen molar-refractivity contribution < 1.29 is 10.0 Å². The van der Waals surface area contributed by atoms with E-state index in [9.17, 15) is 15.2 Å². The second kappa shape index (κ2) is 6.18. The summed E-state index contributed by atoms with van der Waals surface area (Å²) in [6.07, 6.45) is -0.672. The average molecular weight is 295 g/mol. The van der Waals surface area contributed by atoms with Gasteiger partial charge in [-0.3, -0.25) is 10.1 Å². The third-order valence-corrected chi connectivity index (χ3v) is 5.16. The number of hydrogen-bond donors (Lipinski definition) is 1. The highest BCUT2D eigenvalue weighted by atomic mass is 32.2. The molecule has 1 N–H and O–H groups in total. The standard InChI is InChI=1S/C13H13NO3S2/c1-9(15)12-7-11(14(16)17)13(19-12)18-8-10-5-3-2-4-6-10/h2-7,9,15H,8H2,1H3/t9-/m0/s1. The third-order valence-electron chi connectivity index (χ3n) is 2.52. The third kappa shape index (κ3) is 3.56. The van der Waals surface area contributed by atoms with Crippen LogP contribution in [0.3, 0.4) is 0 Å². The van der Waals surface area contributed by atoms with Crippen LogP contribution in [0.2, 0.25) is 0 Å². The number of benzene rings is 1. The van der Waals surface area contributed by atoms with Crippen molar-refractivity contribution in [2.24, 2.45) is 0 Å². The highest BCUT2D eigenvalue weighted by molar-refractivity contribution is 8.00. The molecular weight excluding hydrogens is 282 g/mol. The maximum absolute atomic E-state index is 11.0. The second-order valence-corrected chi connectivity index (χ2v) is 6.36. The summed E-state index contributed by atoms with van der Waals surface area (Å²) in [6.45, 7) is 1.61. The molecule has 2 rings (SSSR count). The van der Waals surface area contributed by atoms with Gasteiger partial charge in [0.25, 0.3) is 5.69 Å². The van der Waals surface area contributed by atoms with E-state index in [-0.39, 0.29) is 5.69 Å². The zero-order chi connectivity index (χ0) is 13.8. The minimum absolute atomic E-state index is 0.0850. The number of nitrogens with zero attached hydrogens (tertiary/aromatic N) is 1. The van der Waals surface area contributed by atoms with Gasteiger partial charge in [0.2, 0.25) is 0 Å². The van der Waals surface area contributed by atoms with Gasteiger partial charge in [0, 0.05) is 16.7 Å². The summed E-state index contributed by atoms with van der Waals surface area (Å²) in [5.41, 5.74) is 1.20. The van der Waals surface area contributed by atoms with Crippen molar-refractivity contribution in [3.63, 3.8) is 0 Å². The second-order valence-electron chi connectivity index (χ2n) is 4.03. The van der Waals surface area contributed by atoms with Crippen molar-refractivity contribution in [1.29, 1.82) is 0 Å². The molecule has 4 nitrogen and oxygen atoms in total. The first kappa shape index (κ1) is 14.0. The van der Waals surface area contributed by atoms with E-state index in [1.165, 1.54) is 29.2 Å². The summed E-state index contributed by atoms with van der Waals surface area (Å²) in [6, 6.07) is 11.3. The molecule has 0 saturated carbocycles. The monoisotopic (exact) mass is 295 g/mol. The maximum Gasteiger partial charge on any atom is 0.294 e. The Morgan fingerprint density at radius 1 is 1.42 bits per heavy atom. The summed E-state index contributed by atoms with van der Waals surface area (Å²) >= 11 is 2.72. The topological polar surface area (TPSA) is 63.4 Å². The van der Waals surface area contributed by atoms with Crippen molar-refractivity contribution in [1.82, 2.24) is 0 Å². The predicted molar refractivity (Wildman–Crippen MR) is 77.6 cm³/mol. The summed E-state index contributed by atoms with van der Waals surface area (Å²) < 4.78 is 0.643. The Kier molecular flexibility index (Phi) is 4.57. The molecule has 0 aliphatic rings. The zero-order valence-corrected chi connectivity index (χ0v) is 11.9. The SMILES string of the molecule is C[C@H](O)c1cc([N+](=O)[O-])c(SCc2ccccc2)s1. The van der Waals surface area contributed by atoms with E-state index in [1.54, 1.807) is 6.92 Å². The quantitative estimate of drug-likeness (QED) is 0.514. The first-order chi connectivity index (χ1) is 9.08. The Labute approximate surface area is 119 Å². The van der Waals surface area contributed by atoms with Crippen LogP contribution in [0.4, 0.5) is 5.69 Å². The van der Waals surface area contributed by atoms with Crippen LogP contribution in [0.1, 0.15) is 23.5 Å². The van der Waals surface area contributed by atoms with Crippen LogP contribution in [0.15, 0.2) is 40.6 Å². The highest BCUT2D eigenvalue weighted by Gasteiger charge is 2.21. The Bertz CT molecular complexity index is 567. The van der Waals surface area contributed by atoms with Gasteiger partial charge >= 0.3 is 0 Å². The molecule has 0 amide bonds. The lowest BCUT2D eigenvalue weighted by Gasteiger charge is -1.99. The Morgan fingerprint density at radius 3 is 2.68 bits per heavy atom. The minimum atomic E-state index is -0.672. The van der Waals surface area contributed by atoms with E-state index in [0.717, 1.165) is 5.56 Å². The fraction of sp³-hybridized carbons (Fsp3) is 0.231. The number of thioether (sulfide) groups is 1. The fourth-order valence-corrected chi connectivity index (χ4v) is 3.81. The molecule has 100 valence electrons. The van der Waals surface area contributed by atoms with Crippen LogP contribution >= 0.6 is 23.1 Å². The van der Waals surface area contributed by atoms with Gasteiger partial charge in [-0.05, 0) is 12.5 Å². The number of hydrogen-bond acceptors (Lipinski definition) is 5. The van der Waals surface area contributed by atoms with E-state index in [4.69, 9.17) is 0 Å². The molecule has 0 radical (unpaired) electrons. The molecule has 0 unspecified atom stereocenters. The van der Waals surface area contributed by atoms with Crippen molar-refractivity contribution >= 4 is 28.8 Å². The summed E-state index contributed by atoms with van der Waals surface area (Å²) in [4.78, 5) is 11.2. The van der Waals surface area contributed by atoms with Crippen molar-refractivity contribution in [3.05, 3.63) is 57.0 Å². The average Bonchev–Trinajstić information content (AvgIpc) is 2.82. The summed E-state index contributed by atoms with van der Waals surface area (Å²) in [7, 11) is 0. The number of nitro groups is 1. The Balaban J connectivity index is 2.17. The molecule has 0 aliphatic heterocycles. The van der Waals surface area contributed by atoms with E-state index in [2.05, 4.69) is 0 Å². The van der Waals surface area contributed by atoms with Crippen molar-refractivity contribution in [3.8, 4) is 0 Å². The highest BCUT2D eigenvalue weighted by Crippen LogP contribution is 2.40. The molecule has 0 aliphatic carbocycles. The van der Waals surface area contributed by atoms with Gasteiger partial charge in [-0.1, -0.05) is 30.3 Å². The lowest BCUT2D eigenvalue weighted by Crippen LogP contribution is -1.88. The van der Waals surface area contributed by atoms with Crippen molar-refractivity contribution in [2.75, 3.05) is 0 Å². The first-order valence-electron chi connectivity index (χ1n) is 5.71. The molecule has 1 aromatic carbocycles. The van der Waals surface area contributed by atoms with Gasteiger partial charge in [0.05, 0.1) is 11.0 Å². The molecule has 0 bridgehead atoms. The van der Waals surface area contributed by atoms with E-state index < -0.39 is 11.0 Å². The molecule has 1 aromatic heterocycles. The first-order valence-corrected chi connectivity index (χ1v) is 7.51. The largest absolute Gasteiger partial charge is 0.388 e. The van der Waals surface area contributed by atoms with Crippen LogP contribution in [0.5, 0.6) is 0 Å². The number of aliphatic hydroxyl groups is 1. The molecule has 0 saturated heterocycles. The predicted octanol–water partition coefficient (Wildman–Crippen LogP) is 4.00. The number of aliphatic hydroxyl groups excluding tert-OH is 1. The molecule has 2 aromatic rings. The number of rotatable bonds is 5. The molecule has 19 heavy (non-hydrogen) atoms. The van der Waals surface area contributed by atoms with Crippen LogP contribution < -0.4 is 0 Å². The summed E-state index contributed by atoms with van der Waals surface area (Å²) in [5.74, 6) is 0.682. The van der Waals surface area contributed by atoms with Gasteiger partial charge < -0.3 is 5.11 Å². The normalized spacial score (nSPS) is 12.3. The Morgan fingerprint density at radius 2 is 2.11 bits per heavy atom. The van der Waals surface area contributed by atoms with Gasteiger partial charge in [-0.2, -0.15) is 0 Å². The summed E-state index contributed by atoms with van der Waals surface area (Å²) in [5, 5.41) is 20.5. The van der Waals surface area contributed by atoms with E-state index in [0.29, 0.717) is 14.8 Å². The van der Waals surface area contributed by atoms with Crippen LogP contribution in [-0.4, -0.2) is 10.0 Å². The lowest BCUT2D eigenvalue weighted by atomic mass is 10.2. The molecular formula is C13H13NO3S2. The molecule has 1 heterocycles. The van der Waals surface area contributed by atoms with E-state index >= 15 is 0 Å². The molecule has 0 spiro atoms. The van der Waals surface area contributed by atoms with Gasteiger partial charge in [0.15, 0.2) is 0 Å². The van der Waals surface area contributed by atoms with Crippen LogP contribution in [0.25, 0.3) is 0 Å². The van der Waals surface area contributed by atoms with Crippen LogP contribution in [0, 0.1) is 10.1 Å². The van der Waals surface area contributed by atoms with Crippen LogP contribution in [-0.2, 0) is 5.75 Å².